The van der Waals surface area contributed by atoms with Gasteiger partial charge in [-0.2, -0.15) is 0 Å². The van der Waals surface area contributed by atoms with Gasteiger partial charge in [-0.25, -0.2) is 4.98 Å². The highest BCUT2D eigenvalue weighted by atomic mass is 16.5. The first-order valence-corrected chi connectivity index (χ1v) is 7.14. The Hall–Kier alpha value is -2.18. The number of methoxy groups -OCH3 is 1. The van der Waals surface area contributed by atoms with E-state index in [2.05, 4.69) is 10.3 Å². The second kappa shape index (κ2) is 7.72. The molecule has 1 amide bonds. The molecule has 6 heteroatoms. The molecule has 1 aromatic heterocycles. The van der Waals surface area contributed by atoms with Gasteiger partial charge in [-0.3, -0.25) is 4.79 Å². The normalized spacial score (nSPS) is 12.1. The van der Waals surface area contributed by atoms with Crippen LogP contribution in [0, 0.1) is 6.92 Å². The maximum atomic E-state index is 11.6. The van der Waals surface area contributed by atoms with E-state index in [1.165, 1.54) is 12.7 Å². The molecule has 0 saturated heterocycles. The number of amides is 1. The lowest BCUT2D eigenvalue weighted by molar-refractivity contribution is -0.123. The third-order valence-electron chi connectivity index (χ3n) is 3.21. The Morgan fingerprint density at radius 2 is 2.14 bits per heavy atom. The number of carbonyl (C=O) groups is 1. The third kappa shape index (κ3) is 4.41. The summed E-state index contributed by atoms with van der Waals surface area (Å²) in [6.07, 6.45) is 2.19. The van der Waals surface area contributed by atoms with Crippen molar-refractivity contribution in [2.45, 2.75) is 19.4 Å². The number of nitrogens with two attached hydrogens (primary N) is 1. The number of benzene rings is 1. The minimum absolute atomic E-state index is 0.202. The van der Waals surface area contributed by atoms with Crippen LogP contribution < -0.4 is 11.1 Å². The van der Waals surface area contributed by atoms with Crippen LogP contribution in [0.25, 0.3) is 11.5 Å². The molecule has 1 atom stereocenters. The summed E-state index contributed by atoms with van der Waals surface area (Å²) in [6, 6.07) is 7.31. The van der Waals surface area contributed by atoms with Gasteiger partial charge < -0.3 is 20.2 Å². The zero-order valence-electron chi connectivity index (χ0n) is 12.8. The summed E-state index contributed by atoms with van der Waals surface area (Å²) in [5.74, 6) is 0.349. The van der Waals surface area contributed by atoms with Crippen LogP contribution in [0.2, 0.25) is 0 Å². The smallest absolute Gasteiger partial charge is 0.239 e. The molecule has 0 aliphatic carbocycles. The highest BCUT2D eigenvalue weighted by Crippen LogP contribution is 2.19. The fourth-order valence-corrected chi connectivity index (χ4v) is 1.95. The number of hydrogen-bond acceptors (Lipinski definition) is 5. The number of ether oxygens (including phenoxy) is 1. The molecule has 0 aliphatic heterocycles. The predicted octanol–water partition coefficient (Wildman–Crippen LogP) is 1.28. The highest BCUT2D eigenvalue weighted by molar-refractivity contribution is 5.81. The Balaban J connectivity index is 1.85. The highest BCUT2D eigenvalue weighted by Gasteiger charge is 2.12. The van der Waals surface area contributed by atoms with Gasteiger partial charge in [0.15, 0.2) is 0 Å². The number of hydrogen-bond donors (Lipinski definition) is 2. The van der Waals surface area contributed by atoms with Crippen molar-refractivity contribution >= 4 is 5.91 Å². The second-order valence-corrected chi connectivity index (χ2v) is 5.11. The molecule has 0 saturated carbocycles. The number of nitrogens with zero attached hydrogens (tertiary/aromatic N) is 1. The van der Waals surface area contributed by atoms with Crippen LogP contribution in [0.3, 0.4) is 0 Å². The molecule has 0 radical (unpaired) electrons. The van der Waals surface area contributed by atoms with E-state index in [0.717, 1.165) is 11.3 Å². The Bertz CT molecular complexity index is 607. The van der Waals surface area contributed by atoms with Crippen molar-refractivity contribution in [2.75, 3.05) is 20.3 Å². The van der Waals surface area contributed by atoms with Gasteiger partial charge in [-0.05, 0) is 19.1 Å². The van der Waals surface area contributed by atoms with Crippen LogP contribution >= 0.6 is 0 Å². The summed E-state index contributed by atoms with van der Waals surface area (Å²) in [4.78, 5) is 16.0. The van der Waals surface area contributed by atoms with Gasteiger partial charge in [0.1, 0.15) is 12.3 Å². The second-order valence-electron chi connectivity index (χ2n) is 5.11. The molecule has 1 aromatic carbocycles. The van der Waals surface area contributed by atoms with Gasteiger partial charge in [-0.1, -0.05) is 17.7 Å². The molecule has 6 nitrogen and oxygen atoms in total. The van der Waals surface area contributed by atoms with E-state index in [4.69, 9.17) is 14.9 Å². The van der Waals surface area contributed by atoms with Gasteiger partial charge in [-0.15, -0.1) is 0 Å². The predicted molar refractivity (Wildman–Crippen MR) is 83.2 cm³/mol. The molecule has 2 aromatic rings. The van der Waals surface area contributed by atoms with E-state index in [-0.39, 0.29) is 12.5 Å². The van der Waals surface area contributed by atoms with E-state index in [0.29, 0.717) is 18.9 Å². The van der Waals surface area contributed by atoms with Crippen molar-refractivity contribution in [1.29, 1.82) is 0 Å². The molecule has 1 unspecified atom stereocenters. The first-order valence-electron chi connectivity index (χ1n) is 7.14. The molecular weight excluding hydrogens is 282 g/mol. The van der Waals surface area contributed by atoms with E-state index in [1.54, 1.807) is 6.26 Å². The molecular formula is C16H21N3O3. The largest absolute Gasteiger partial charge is 0.444 e. The quantitative estimate of drug-likeness (QED) is 0.804. The topological polar surface area (TPSA) is 90.4 Å². The van der Waals surface area contributed by atoms with E-state index < -0.39 is 6.04 Å². The zero-order valence-corrected chi connectivity index (χ0v) is 12.8. The monoisotopic (exact) mass is 303 g/mol. The van der Waals surface area contributed by atoms with Gasteiger partial charge in [0.05, 0.1) is 12.3 Å². The van der Waals surface area contributed by atoms with Gasteiger partial charge in [0.25, 0.3) is 0 Å². The van der Waals surface area contributed by atoms with Gasteiger partial charge in [0, 0.05) is 25.6 Å². The van der Waals surface area contributed by atoms with Crippen LogP contribution in [0.5, 0.6) is 0 Å². The van der Waals surface area contributed by atoms with E-state index in [9.17, 15) is 4.79 Å². The molecule has 0 fully saturated rings. The standard InChI is InChI=1S/C16H21N3O3/c1-11-3-5-12(6-4-11)16-19-13(9-22-16)7-8-18-15(20)14(17)10-21-2/h3-6,9,14H,7-8,10,17H2,1-2H3,(H,18,20). The van der Waals surface area contributed by atoms with Crippen LogP contribution in [-0.4, -0.2) is 37.2 Å². The van der Waals surface area contributed by atoms with Crippen molar-refractivity contribution in [3.8, 4) is 11.5 Å². The Kier molecular flexibility index (Phi) is 5.68. The Morgan fingerprint density at radius 1 is 1.41 bits per heavy atom. The first kappa shape index (κ1) is 16.2. The van der Waals surface area contributed by atoms with E-state index >= 15 is 0 Å². The lowest BCUT2D eigenvalue weighted by Crippen LogP contribution is -2.44. The molecule has 118 valence electrons. The fraction of sp³-hybridized carbons (Fsp3) is 0.375. The summed E-state index contributed by atoms with van der Waals surface area (Å²) in [5.41, 5.74) is 8.54. The number of aryl methyl sites for hydroxylation is 1. The van der Waals surface area contributed by atoms with E-state index in [1.807, 2.05) is 31.2 Å². The molecule has 0 bridgehead atoms. The summed E-state index contributed by atoms with van der Waals surface area (Å²) < 4.78 is 10.3. The Labute approximate surface area is 129 Å². The first-order chi connectivity index (χ1) is 10.6. The molecule has 0 spiro atoms. The molecule has 2 rings (SSSR count). The Morgan fingerprint density at radius 3 is 2.82 bits per heavy atom. The van der Waals surface area contributed by atoms with Crippen molar-refractivity contribution in [1.82, 2.24) is 10.3 Å². The van der Waals surface area contributed by atoms with Crippen molar-refractivity contribution < 1.29 is 13.9 Å². The van der Waals surface area contributed by atoms with Crippen molar-refractivity contribution in [2.24, 2.45) is 5.73 Å². The van der Waals surface area contributed by atoms with Gasteiger partial charge in [0.2, 0.25) is 11.8 Å². The number of rotatable bonds is 7. The van der Waals surface area contributed by atoms with Crippen molar-refractivity contribution in [3.63, 3.8) is 0 Å². The van der Waals surface area contributed by atoms with Gasteiger partial charge >= 0.3 is 0 Å². The summed E-state index contributed by atoms with van der Waals surface area (Å²) >= 11 is 0. The number of oxazole rings is 1. The van der Waals surface area contributed by atoms with Crippen LogP contribution in [-0.2, 0) is 16.0 Å². The lowest BCUT2D eigenvalue weighted by atomic mass is 10.1. The molecule has 22 heavy (non-hydrogen) atoms. The van der Waals surface area contributed by atoms with Crippen LogP contribution in [0.4, 0.5) is 0 Å². The van der Waals surface area contributed by atoms with Crippen LogP contribution in [0.1, 0.15) is 11.3 Å². The summed E-state index contributed by atoms with van der Waals surface area (Å²) in [5, 5.41) is 2.75. The number of aromatic nitrogens is 1. The minimum atomic E-state index is -0.648. The molecule has 3 N–H and O–H groups in total. The SMILES string of the molecule is COCC(N)C(=O)NCCc1coc(-c2ccc(C)cc2)n1. The average Bonchev–Trinajstić information content (AvgIpc) is 2.97. The summed E-state index contributed by atoms with van der Waals surface area (Å²) in [7, 11) is 1.51. The molecule has 1 heterocycles. The maximum Gasteiger partial charge on any atom is 0.239 e. The number of nitrogens with one attached hydrogen (secondary N) is 1. The lowest BCUT2D eigenvalue weighted by Gasteiger charge is -2.10. The fourth-order valence-electron chi connectivity index (χ4n) is 1.95. The third-order valence-corrected chi connectivity index (χ3v) is 3.21. The molecule has 0 aliphatic rings. The maximum absolute atomic E-state index is 11.6. The number of carbonyl (C=O) groups excluding carboxylic acids is 1. The summed E-state index contributed by atoms with van der Waals surface area (Å²) in [6.45, 7) is 2.69. The zero-order chi connectivity index (χ0) is 15.9. The van der Waals surface area contributed by atoms with Crippen LogP contribution in [0.15, 0.2) is 34.9 Å². The minimum Gasteiger partial charge on any atom is -0.444 e. The average molecular weight is 303 g/mol. The van der Waals surface area contributed by atoms with Crippen molar-refractivity contribution in [3.05, 3.63) is 41.8 Å².